The van der Waals surface area contributed by atoms with E-state index in [1.165, 1.54) is 12.1 Å². The average molecular weight is 645 g/mol. The van der Waals surface area contributed by atoms with Crippen LogP contribution in [0.1, 0.15) is 11.1 Å². The molecular formula is C36H26BF2N3O6. The third-order valence-corrected chi connectivity index (χ3v) is 7.36. The monoisotopic (exact) mass is 645 g/mol. The summed E-state index contributed by atoms with van der Waals surface area (Å²) in [5.41, 5.74) is 4.40. The first-order valence-corrected chi connectivity index (χ1v) is 14.7. The lowest BCUT2D eigenvalue weighted by Gasteiger charge is -2.11. The largest absolute Gasteiger partial charge is 0.679 e. The molecule has 0 bridgehead atoms. The van der Waals surface area contributed by atoms with Crippen molar-refractivity contribution in [2.24, 2.45) is 9.98 Å². The highest BCUT2D eigenvalue weighted by atomic mass is 19.2. The molecule has 2 N–H and O–H groups in total. The molecule has 0 saturated heterocycles. The lowest BCUT2D eigenvalue weighted by atomic mass is 10.0. The number of ether oxygens (including phenoxy) is 2. The van der Waals surface area contributed by atoms with Crippen LogP contribution >= 0.6 is 0 Å². The number of halogens is 2. The molecule has 9 nitrogen and oxygen atoms in total. The number of benzene rings is 4. The van der Waals surface area contributed by atoms with E-state index in [4.69, 9.17) is 29.7 Å². The number of carboxylic acid groups (broad SMARTS) is 2. The van der Waals surface area contributed by atoms with Gasteiger partial charge in [0.2, 0.25) is 0 Å². The van der Waals surface area contributed by atoms with Crippen molar-refractivity contribution in [1.29, 1.82) is 0 Å². The van der Waals surface area contributed by atoms with Gasteiger partial charge in [-0.2, -0.15) is 0 Å². The van der Waals surface area contributed by atoms with Crippen LogP contribution in [0.2, 0.25) is 0 Å². The number of rotatable bonds is 12. The summed E-state index contributed by atoms with van der Waals surface area (Å²) >= 11 is 0. The Morgan fingerprint density at radius 3 is 1.75 bits per heavy atom. The molecule has 0 atom stereocenters. The first-order valence-electron chi connectivity index (χ1n) is 14.7. The van der Waals surface area contributed by atoms with Gasteiger partial charge in [-0.3, -0.25) is 8.63 Å². The molecule has 1 aliphatic rings. The highest BCUT2D eigenvalue weighted by Crippen LogP contribution is 2.40. The summed E-state index contributed by atoms with van der Waals surface area (Å²) in [5.74, 6) is -1.35. The van der Waals surface area contributed by atoms with Crippen molar-refractivity contribution in [2.75, 3.05) is 13.2 Å². The van der Waals surface area contributed by atoms with Crippen molar-refractivity contribution in [3.05, 3.63) is 132 Å². The minimum Gasteiger partial charge on any atom is -0.482 e. The predicted molar refractivity (Wildman–Crippen MR) is 179 cm³/mol. The van der Waals surface area contributed by atoms with Gasteiger partial charge in [-0.25, -0.2) is 19.6 Å². The summed E-state index contributed by atoms with van der Waals surface area (Å²) in [6, 6.07) is 33.0. The number of hydrogen-bond acceptors (Lipinski definition) is 5. The zero-order chi connectivity index (χ0) is 33.6. The number of carbonyl (C=O) groups is 2. The second kappa shape index (κ2) is 14.0. The van der Waals surface area contributed by atoms with Gasteiger partial charge in [-0.15, -0.1) is 0 Å². The summed E-state index contributed by atoms with van der Waals surface area (Å²) in [6.07, 6.45) is 1.83. The number of hydrogen-bond donors (Lipinski definition) is 2. The van der Waals surface area contributed by atoms with E-state index in [0.29, 0.717) is 39.3 Å². The predicted octanol–water partition coefficient (Wildman–Crippen LogP) is 7.14. The fourth-order valence-electron chi connectivity index (χ4n) is 5.18. The van der Waals surface area contributed by atoms with Gasteiger partial charge in [-0.05, 0) is 77.4 Å². The van der Waals surface area contributed by atoms with E-state index in [-0.39, 0.29) is 23.1 Å². The van der Waals surface area contributed by atoms with Crippen LogP contribution in [0.4, 0.5) is 14.4 Å². The molecule has 0 unspecified atom stereocenters. The number of allylic oxidation sites excluding steroid dienone is 1. The molecule has 0 saturated carbocycles. The Bertz CT molecular complexity index is 2040. The first-order chi connectivity index (χ1) is 23.3. The van der Waals surface area contributed by atoms with Gasteiger partial charge in [0.05, 0.1) is 5.71 Å². The maximum Gasteiger partial charge on any atom is 0.679 e. The number of aliphatic carboxylic acids is 2. The van der Waals surface area contributed by atoms with Gasteiger partial charge in [0.15, 0.2) is 19.0 Å². The van der Waals surface area contributed by atoms with Crippen LogP contribution in [0.3, 0.4) is 0 Å². The van der Waals surface area contributed by atoms with E-state index >= 15 is 8.63 Å². The summed E-state index contributed by atoms with van der Waals surface area (Å²) in [5, 5.41) is 17.8. The zero-order valence-corrected chi connectivity index (χ0v) is 25.2. The molecule has 0 radical (unpaired) electrons. The molecule has 4 aromatic carbocycles. The Labute approximate surface area is 274 Å². The van der Waals surface area contributed by atoms with Crippen LogP contribution in [0, 0.1) is 0 Å². The minimum absolute atomic E-state index is 0.00310. The highest BCUT2D eigenvalue weighted by molar-refractivity contribution is 6.43. The van der Waals surface area contributed by atoms with Crippen LogP contribution in [0.25, 0.3) is 28.0 Å². The number of carboxylic acids is 2. The number of aromatic nitrogens is 1. The van der Waals surface area contributed by atoms with Crippen molar-refractivity contribution >= 4 is 42.3 Å². The SMILES string of the molecule is O=C(O)COc1ccc(C2=N/C(=N\c3c(-c4ccccc4)cc(-c4ccc(OCC(=O)O)cc4)n3B(F)F)C(c3ccccc3)=C2)cc1. The normalized spacial score (nSPS) is 13.2. The molecule has 0 fully saturated rings. The van der Waals surface area contributed by atoms with Crippen molar-refractivity contribution < 1.29 is 37.9 Å². The molecule has 0 spiro atoms. The van der Waals surface area contributed by atoms with Gasteiger partial charge in [0.25, 0.3) is 0 Å². The maximum absolute atomic E-state index is 15.1. The van der Waals surface area contributed by atoms with E-state index < -0.39 is 32.6 Å². The molecule has 0 aliphatic carbocycles. The van der Waals surface area contributed by atoms with Crippen LogP contribution < -0.4 is 9.47 Å². The Morgan fingerprint density at radius 2 is 1.23 bits per heavy atom. The van der Waals surface area contributed by atoms with Crippen molar-refractivity contribution in [3.63, 3.8) is 0 Å². The highest BCUT2D eigenvalue weighted by Gasteiger charge is 2.30. The van der Waals surface area contributed by atoms with E-state index in [1.54, 1.807) is 42.5 Å². The van der Waals surface area contributed by atoms with Crippen LogP contribution in [-0.2, 0) is 9.59 Å². The second-order valence-electron chi connectivity index (χ2n) is 10.6. The van der Waals surface area contributed by atoms with Gasteiger partial charge < -0.3 is 24.2 Å². The number of amidine groups is 1. The smallest absolute Gasteiger partial charge is 0.482 e. The van der Waals surface area contributed by atoms with E-state index in [1.807, 2.05) is 66.7 Å². The Morgan fingerprint density at radius 1 is 0.708 bits per heavy atom. The molecule has 0 amide bonds. The van der Waals surface area contributed by atoms with Gasteiger partial charge in [-0.1, -0.05) is 60.7 Å². The molecule has 1 aliphatic heterocycles. The molecule has 2 heterocycles. The summed E-state index contributed by atoms with van der Waals surface area (Å²) in [7, 11) is -2.98. The lowest BCUT2D eigenvalue weighted by molar-refractivity contribution is -0.140. The molecule has 48 heavy (non-hydrogen) atoms. The Balaban J connectivity index is 1.48. The van der Waals surface area contributed by atoms with Gasteiger partial charge in [0.1, 0.15) is 17.3 Å². The quantitative estimate of drug-likeness (QED) is 0.139. The Kier molecular flexibility index (Phi) is 9.24. The number of aliphatic imine (C=N–C) groups is 2. The first kappa shape index (κ1) is 31.7. The third-order valence-electron chi connectivity index (χ3n) is 7.36. The topological polar surface area (TPSA) is 123 Å². The average Bonchev–Trinajstić information content (AvgIpc) is 3.70. The zero-order valence-electron chi connectivity index (χ0n) is 25.2. The molecule has 1 aromatic heterocycles. The minimum atomic E-state index is -2.98. The fraction of sp³-hybridized carbons (Fsp3) is 0.0556. The lowest BCUT2D eigenvalue weighted by Crippen LogP contribution is -2.14. The number of nitrogens with zero attached hydrogens (tertiary/aromatic N) is 3. The van der Waals surface area contributed by atoms with Crippen LogP contribution in [-0.4, -0.2) is 58.8 Å². The summed E-state index contributed by atoms with van der Waals surface area (Å²) in [6.45, 7) is -1.01. The second-order valence-corrected chi connectivity index (χ2v) is 10.6. The fourth-order valence-corrected chi connectivity index (χ4v) is 5.18. The molecule has 6 rings (SSSR count). The maximum atomic E-state index is 15.1. The standard InChI is InChI=1S/C36H26BF2N3O6/c38-37(39)42-32(26-13-17-28(18-14-26)48-22-34(45)46)20-30(24-9-5-2-6-10-24)36(42)41-35-29(23-7-3-1-4-8-23)19-31(40-35)25-11-15-27(16-12-25)47-21-33(43)44/h1-20H,21-22H2,(H,43,44)(H,45,46)/b41-35-. The Hall–Kier alpha value is -6.30. The van der Waals surface area contributed by atoms with Gasteiger partial charge >= 0.3 is 19.3 Å². The molecule has 12 heteroatoms. The summed E-state index contributed by atoms with van der Waals surface area (Å²) in [4.78, 5) is 31.4. The molecular weight excluding hydrogens is 619 g/mol. The van der Waals surface area contributed by atoms with E-state index in [9.17, 15) is 9.59 Å². The summed E-state index contributed by atoms with van der Waals surface area (Å²) < 4.78 is 41.5. The van der Waals surface area contributed by atoms with Crippen molar-refractivity contribution in [2.45, 2.75) is 0 Å². The third kappa shape index (κ3) is 7.07. The van der Waals surface area contributed by atoms with E-state index in [2.05, 4.69) is 0 Å². The van der Waals surface area contributed by atoms with Crippen molar-refractivity contribution in [1.82, 2.24) is 4.48 Å². The molecule has 238 valence electrons. The molecule has 5 aromatic rings. The van der Waals surface area contributed by atoms with Crippen LogP contribution in [0.5, 0.6) is 11.5 Å². The van der Waals surface area contributed by atoms with Gasteiger partial charge in [0, 0.05) is 22.4 Å². The van der Waals surface area contributed by atoms with Crippen LogP contribution in [0.15, 0.2) is 131 Å². The van der Waals surface area contributed by atoms with E-state index in [0.717, 1.165) is 10.0 Å². The van der Waals surface area contributed by atoms with Crippen molar-refractivity contribution in [3.8, 4) is 33.9 Å².